The van der Waals surface area contributed by atoms with Gasteiger partial charge in [-0.25, -0.2) is 0 Å². The number of fused-ring (bicyclic) bond motifs is 6. The Morgan fingerprint density at radius 3 is 2.76 bits per heavy atom. The van der Waals surface area contributed by atoms with E-state index in [-0.39, 0.29) is 11.7 Å². The molecule has 0 N–H and O–H groups in total. The van der Waals surface area contributed by atoms with Crippen molar-refractivity contribution >= 4 is 29.3 Å². The number of benzene rings is 3. The minimum absolute atomic E-state index is 0.234. The van der Waals surface area contributed by atoms with E-state index in [4.69, 9.17) is 14.0 Å². The summed E-state index contributed by atoms with van der Waals surface area (Å²) in [4.78, 5) is 0. The van der Waals surface area contributed by atoms with E-state index in [2.05, 4.69) is 79.1 Å². The molecule has 0 saturated heterocycles. The van der Waals surface area contributed by atoms with Gasteiger partial charge in [0.15, 0.2) is 0 Å². The van der Waals surface area contributed by atoms with Gasteiger partial charge in [-0.15, -0.1) is 0 Å². The molecule has 0 amide bonds. The number of ether oxygens (including phenoxy) is 1. The monoisotopic (exact) mass is 607 g/mol. The number of allylic oxidation sites excluding steroid dienone is 5. The Morgan fingerprint density at radius 2 is 1.93 bits per heavy atom. The Hall–Kier alpha value is -3.87. The number of unbranched alkanes of at least 4 members (excludes halogenated alkanes) is 1. The quantitative estimate of drug-likeness (QED) is 0.207. The van der Waals surface area contributed by atoms with Crippen molar-refractivity contribution < 1.29 is 27.3 Å². The Bertz CT molecular complexity index is 1840. The third-order valence-electron chi connectivity index (χ3n) is 11.3. The van der Waals surface area contributed by atoms with Gasteiger partial charge in [0.05, 0.1) is 29.6 Å². The average molecular weight is 608 g/mol. The minimum atomic E-state index is -4.45. The van der Waals surface area contributed by atoms with Crippen molar-refractivity contribution in [2.45, 2.75) is 64.7 Å². The fourth-order valence-corrected chi connectivity index (χ4v) is 9.26. The molecule has 0 radical (unpaired) electrons. The van der Waals surface area contributed by atoms with Gasteiger partial charge in [-0.1, -0.05) is 56.7 Å². The number of halogens is 2. The van der Waals surface area contributed by atoms with E-state index in [9.17, 15) is 0 Å². The Kier molecular flexibility index (Phi) is 6.74. The van der Waals surface area contributed by atoms with Crippen LogP contribution in [0.1, 0.15) is 75.0 Å². The highest BCUT2D eigenvalue weighted by atomic mass is 19.3. The maximum Gasteiger partial charge on any atom is 0.725 e. The molecule has 5 aliphatic rings. The fraction of sp³-hybridized carbons (Fsp3) is 0.395. The normalized spacial score (nSPS) is 28.6. The lowest BCUT2D eigenvalue weighted by molar-refractivity contribution is -0.436. The largest absolute Gasteiger partial charge is 0.725 e. The number of hydrogen-bond acceptors (Lipinski definition) is 3. The zero-order valence-electron chi connectivity index (χ0n) is 26.3. The van der Waals surface area contributed by atoms with Gasteiger partial charge in [0.2, 0.25) is 11.4 Å². The summed E-state index contributed by atoms with van der Waals surface area (Å²) in [7, 11) is -2.74. The zero-order valence-corrected chi connectivity index (χ0v) is 26.3. The van der Waals surface area contributed by atoms with Crippen LogP contribution in [0.5, 0.6) is 5.75 Å². The Morgan fingerprint density at radius 1 is 1.09 bits per heavy atom. The summed E-state index contributed by atoms with van der Waals surface area (Å²) in [6, 6.07) is 19.3. The molecule has 1 fully saturated rings. The van der Waals surface area contributed by atoms with Crippen LogP contribution in [0.15, 0.2) is 89.9 Å². The molecule has 0 spiro atoms. The van der Waals surface area contributed by atoms with Gasteiger partial charge in [-0.05, 0) is 90.6 Å². The minimum Gasteiger partial charge on any atom is -0.630 e. The maximum absolute atomic E-state index is 15.2. The van der Waals surface area contributed by atoms with Crippen LogP contribution in [0.25, 0.3) is 10.8 Å². The summed E-state index contributed by atoms with van der Waals surface area (Å²) < 4.78 is 49.1. The van der Waals surface area contributed by atoms with Gasteiger partial charge in [-0.3, -0.25) is 0 Å². The summed E-state index contributed by atoms with van der Waals surface area (Å²) in [5.41, 5.74) is 6.65. The molecule has 1 saturated carbocycles. The first kappa shape index (κ1) is 28.6. The van der Waals surface area contributed by atoms with E-state index in [1.54, 1.807) is 13.2 Å². The first-order valence-electron chi connectivity index (χ1n) is 16.6. The molecular weight excluding hydrogens is 567 g/mol. The van der Waals surface area contributed by atoms with Crippen LogP contribution >= 0.6 is 0 Å². The van der Waals surface area contributed by atoms with Crippen molar-refractivity contribution in [3.8, 4) is 5.75 Å². The molecule has 4 nitrogen and oxygen atoms in total. The molecule has 45 heavy (non-hydrogen) atoms. The van der Waals surface area contributed by atoms with Gasteiger partial charge >= 0.3 is 7.11 Å². The van der Waals surface area contributed by atoms with Crippen LogP contribution in [0, 0.1) is 17.3 Å². The van der Waals surface area contributed by atoms with Crippen molar-refractivity contribution in [2.24, 2.45) is 17.3 Å². The average Bonchev–Trinajstić information content (AvgIpc) is 3.51. The van der Waals surface area contributed by atoms with Crippen molar-refractivity contribution in [3.63, 3.8) is 0 Å². The van der Waals surface area contributed by atoms with E-state index in [0.29, 0.717) is 24.0 Å². The topological polar surface area (TPSA) is 30.7 Å². The molecule has 0 aromatic heterocycles. The lowest BCUT2D eigenvalue weighted by Crippen LogP contribution is -2.44. The molecule has 3 aliphatic carbocycles. The molecule has 232 valence electrons. The van der Waals surface area contributed by atoms with E-state index >= 15 is 8.63 Å². The third-order valence-corrected chi connectivity index (χ3v) is 11.3. The van der Waals surface area contributed by atoms with Crippen molar-refractivity contribution in [1.29, 1.82) is 0 Å². The SMILES string of the molecule is CCCC[N+]1=C(/C=C/C=C2\O[B-](F)(F)OC3=C2CC2C4CCc5cc(OC)ccc5C4CCC32C)c2cccc3cccc1c23. The van der Waals surface area contributed by atoms with Crippen LogP contribution in [0.4, 0.5) is 14.3 Å². The summed E-state index contributed by atoms with van der Waals surface area (Å²) in [5, 5.41) is 2.46. The lowest BCUT2D eigenvalue weighted by atomic mass is 9.55. The lowest BCUT2D eigenvalue weighted by Gasteiger charge is -2.51. The first-order valence-corrected chi connectivity index (χ1v) is 16.6. The van der Waals surface area contributed by atoms with Crippen molar-refractivity contribution in [1.82, 2.24) is 0 Å². The molecular formula is C38H40BF2NO3. The standard InChI is InChI=1S/C38H40BF2NO3/c1-4-5-21-42-33(30-11-6-9-24-10-7-13-34(42)36(24)30)12-8-14-35-31-23-32-29-17-15-25-22-26(43-3)16-18-27(25)28(29)19-20-38(32,2)37(31)45-39(40,41)44-35/h6-14,16,18,22,28-29,32H,4-5,15,17,19-21,23H2,1-3H3/b12-8+,35-14-. The fourth-order valence-electron chi connectivity index (χ4n) is 9.26. The highest BCUT2D eigenvalue weighted by molar-refractivity contribution is 6.53. The van der Waals surface area contributed by atoms with Crippen molar-refractivity contribution in [3.05, 3.63) is 107 Å². The molecule has 3 aromatic rings. The van der Waals surface area contributed by atoms with E-state index < -0.39 is 12.5 Å². The van der Waals surface area contributed by atoms with Crippen LogP contribution in [-0.4, -0.2) is 31.0 Å². The molecule has 8 rings (SSSR count). The van der Waals surface area contributed by atoms with Gasteiger partial charge in [0.1, 0.15) is 12.3 Å². The highest BCUT2D eigenvalue weighted by Gasteiger charge is 2.58. The second kappa shape index (κ2) is 10.6. The molecule has 2 aliphatic heterocycles. The summed E-state index contributed by atoms with van der Waals surface area (Å²) in [5.74, 6) is 2.71. The van der Waals surface area contributed by atoms with Crippen LogP contribution in [-0.2, 0) is 15.7 Å². The molecule has 3 aromatic carbocycles. The number of hydrogen-bond donors (Lipinski definition) is 0. The Labute approximate surface area is 264 Å². The molecule has 2 heterocycles. The van der Waals surface area contributed by atoms with E-state index in [1.165, 1.54) is 33.2 Å². The van der Waals surface area contributed by atoms with Gasteiger partial charge in [0, 0.05) is 29.6 Å². The van der Waals surface area contributed by atoms with E-state index in [0.717, 1.165) is 62.1 Å². The van der Waals surface area contributed by atoms with Crippen LogP contribution in [0.3, 0.4) is 0 Å². The van der Waals surface area contributed by atoms with Crippen LogP contribution in [0.2, 0.25) is 0 Å². The van der Waals surface area contributed by atoms with Crippen molar-refractivity contribution in [2.75, 3.05) is 13.7 Å². The predicted octanol–water partition coefficient (Wildman–Crippen LogP) is 9.38. The molecule has 4 atom stereocenters. The summed E-state index contributed by atoms with van der Waals surface area (Å²) >= 11 is 0. The Balaban J connectivity index is 1.13. The smallest absolute Gasteiger partial charge is 0.630 e. The second-order valence-corrected chi connectivity index (χ2v) is 13.7. The predicted molar refractivity (Wildman–Crippen MR) is 175 cm³/mol. The summed E-state index contributed by atoms with van der Waals surface area (Å²) in [6.45, 7) is 5.26. The second-order valence-electron chi connectivity index (χ2n) is 13.7. The zero-order chi connectivity index (χ0) is 30.9. The molecule has 4 unspecified atom stereocenters. The molecule has 7 heteroatoms. The molecule has 0 bridgehead atoms. The van der Waals surface area contributed by atoms with Gasteiger partial charge in [-0.2, -0.15) is 4.58 Å². The first-order chi connectivity index (χ1) is 21.8. The number of rotatable bonds is 6. The summed E-state index contributed by atoms with van der Waals surface area (Å²) in [6.07, 6.45) is 12.4. The number of aryl methyl sites for hydroxylation is 1. The third kappa shape index (κ3) is 4.48. The van der Waals surface area contributed by atoms with E-state index in [1.807, 2.05) is 6.08 Å². The highest BCUT2D eigenvalue weighted by Crippen LogP contribution is 2.65. The number of nitrogens with zero attached hydrogens (tertiary/aromatic N) is 1. The van der Waals surface area contributed by atoms with Gasteiger partial charge in [0.25, 0.3) is 0 Å². The van der Waals surface area contributed by atoms with Gasteiger partial charge < -0.3 is 22.7 Å². The number of methoxy groups -OCH3 is 1. The maximum atomic E-state index is 15.2. The van der Waals surface area contributed by atoms with Crippen LogP contribution < -0.4 is 4.74 Å².